The second-order valence-corrected chi connectivity index (χ2v) is 8.88. The molecule has 0 aliphatic heterocycles. The van der Waals surface area contributed by atoms with Crippen molar-refractivity contribution in [1.29, 1.82) is 0 Å². The van der Waals surface area contributed by atoms with Crippen LogP contribution < -0.4 is 4.72 Å². The van der Waals surface area contributed by atoms with E-state index in [-0.39, 0.29) is 4.90 Å². The second-order valence-electron chi connectivity index (χ2n) is 4.66. The Labute approximate surface area is 141 Å². The Balaban J connectivity index is 1.91. The number of anilines is 1. The quantitative estimate of drug-likeness (QED) is 0.680. The average molecular weight is 368 g/mol. The average Bonchev–Trinajstić information content (AvgIpc) is 2.89. The van der Waals surface area contributed by atoms with E-state index in [1.54, 1.807) is 30.0 Å². The number of benzene rings is 2. The summed E-state index contributed by atoms with van der Waals surface area (Å²) in [6.07, 6.45) is 0. The molecule has 0 aliphatic carbocycles. The van der Waals surface area contributed by atoms with Crippen molar-refractivity contribution in [3.8, 4) is 0 Å². The number of hydrogen-bond donors (Lipinski definition) is 1. The van der Waals surface area contributed by atoms with Crippen molar-refractivity contribution in [2.24, 2.45) is 0 Å². The lowest BCUT2D eigenvalue weighted by Gasteiger charge is -2.08. The monoisotopic (exact) mass is 368 g/mol. The third-order valence-corrected chi connectivity index (χ3v) is 6.42. The molecular weight excluding hydrogens is 355 g/mol. The molecule has 8 heteroatoms. The zero-order chi connectivity index (χ0) is 16.4. The van der Waals surface area contributed by atoms with E-state index in [2.05, 4.69) is 16.6 Å². The lowest BCUT2D eigenvalue weighted by molar-refractivity contribution is 0.595. The first-order valence-electron chi connectivity index (χ1n) is 6.80. The van der Waals surface area contributed by atoms with E-state index in [1.165, 1.54) is 29.5 Å². The maximum atomic E-state index is 13.2. The van der Waals surface area contributed by atoms with Gasteiger partial charge in [0.2, 0.25) is 0 Å². The van der Waals surface area contributed by atoms with Crippen molar-refractivity contribution in [2.45, 2.75) is 16.2 Å². The van der Waals surface area contributed by atoms with Crippen molar-refractivity contribution in [3.05, 3.63) is 48.3 Å². The van der Waals surface area contributed by atoms with E-state index >= 15 is 0 Å². The van der Waals surface area contributed by atoms with Crippen LogP contribution in [0.4, 0.5) is 10.1 Å². The SMILES string of the molecule is CCSc1nc2ccc(NS(=O)(=O)c3cccc(F)c3)cc2s1. The lowest BCUT2D eigenvalue weighted by Crippen LogP contribution is -2.12. The molecule has 1 aromatic heterocycles. The highest BCUT2D eigenvalue weighted by Gasteiger charge is 2.15. The van der Waals surface area contributed by atoms with Crippen LogP contribution in [0.5, 0.6) is 0 Å². The first kappa shape index (κ1) is 16.2. The van der Waals surface area contributed by atoms with E-state index in [1.807, 2.05) is 0 Å². The number of sulfonamides is 1. The van der Waals surface area contributed by atoms with Crippen LogP contribution in [0, 0.1) is 5.82 Å². The van der Waals surface area contributed by atoms with Gasteiger partial charge in [0.05, 0.1) is 20.8 Å². The molecule has 3 rings (SSSR count). The van der Waals surface area contributed by atoms with Crippen LogP contribution in [-0.4, -0.2) is 19.2 Å². The third-order valence-electron chi connectivity index (χ3n) is 3.00. The minimum Gasteiger partial charge on any atom is -0.280 e. The highest BCUT2D eigenvalue weighted by Crippen LogP contribution is 2.31. The Kier molecular flexibility index (Phi) is 4.56. The van der Waals surface area contributed by atoms with Crippen LogP contribution in [0.15, 0.2) is 51.7 Å². The predicted octanol–water partition coefficient (Wildman–Crippen LogP) is 4.35. The summed E-state index contributed by atoms with van der Waals surface area (Å²) in [4.78, 5) is 4.36. The molecule has 3 aromatic rings. The van der Waals surface area contributed by atoms with Gasteiger partial charge in [0.25, 0.3) is 10.0 Å². The fourth-order valence-electron chi connectivity index (χ4n) is 2.00. The minimum atomic E-state index is -3.82. The molecule has 0 spiro atoms. The molecule has 1 N–H and O–H groups in total. The number of thioether (sulfide) groups is 1. The maximum Gasteiger partial charge on any atom is 0.261 e. The number of rotatable bonds is 5. The lowest BCUT2D eigenvalue weighted by atomic mass is 10.3. The van der Waals surface area contributed by atoms with Crippen LogP contribution in [-0.2, 0) is 10.0 Å². The summed E-state index contributed by atoms with van der Waals surface area (Å²) < 4.78 is 42.2. The Morgan fingerprint density at radius 2 is 2.09 bits per heavy atom. The van der Waals surface area contributed by atoms with Crippen molar-refractivity contribution in [1.82, 2.24) is 4.98 Å². The summed E-state index contributed by atoms with van der Waals surface area (Å²) in [5.74, 6) is 0.339. The van der Waals surface area contributed by atoms with E-state index in [0.29, 0.717) is 5.69 Å². The van der Waals surface area contributed by atoms with E-state index in [4.69, 9.17) is 0 Å². The summed E-state index contributed by atoms with van der Waals surface area (Å²) in [5.41, 5.74) is 1.26. The number of thiazole rings is 1. The summed E-state index contributed by atoms with van der Waals surface area (Å²) in [7, 11) is -3.82. The number of hydrogen-bond acceptors (Lipinski definition) is 5. The number of nitrogens with one attached hydrogen (secondary N) is 1. The molecule has 120 valence electrons. The molecule has 0 amide bonds. The normalized spacial score (nSPS) is 11.7. The maximum absolute atomic E-state index is 13.2. The predicted molar refractivity (Wildman–Crippen MR) is 93.2 cm³/mol. The van der Waals surface area contributed by atoms with Gasteiger partial charge in [-0.15, -0.1) is 11.3 Å². The Morgan fingerprint density at radius 3 is 2.83 bits per heavy atom. The van der Waals surface area contributed by atoms with Gasteiger partial charge >= 0.3 is 0 Å². The van der Waals surface area contributed by atoms with Crippen LogP contribution in [0.2, 0.25) is 0 Å². The summed E-state index contributed by atoms with van der Waals surface area (Å²) in [6, 6.07) is 10.1. The van der Waals surface area contributed by atoms with Crippen LogP contribution in [0.1, 0.15) is 6.92 Å². The highest BCUT2D eigenvalue weighted by atomic mass is 32.2. The van der Waals surface area contributed by atoms with Crippen molar-refractivity contribution < 1.29 is 12.8 Å². The molecule has 0 bridgehead atoms. The van der Waals surface area contributed by atoms with E-state index < -0.39 is 15.8 Å². The topological polar surface area (TPSA) is 59.1 Å². The van der Waals surface area contributed by atoms with E-state index in [9.17, 15) is 12.8 Å². The van der Waals surface area contributed by atoms with Gasteiger partial charge in [-0.1, -0.05) is 24.8 Å². The number of halogens is 1. The molecule has 4 nitrogen and oxygen atoms in total. The van der Waals surface area contributed by atoms with Gasteiger partial charge < -0.3 is 0 Å². The number of fused-ring (bicyclic) bond motifs is 1. The van der Waals surface area contributed by atoms with Gasteiger partial charge in [0.1, 0.15) is 5.82 Å². The van der Waals surface area contributed by atoms with Crippen LogP contribution in [0.3, 0.4) is 0 Å². The zero-order valence-corrected chi connectivity index (χ0v) is 14.6. The van der Waals surface area contributed by atoms with Gasteiger partial charge in [-0.05, 0) is 42.2 Å². The molecule has 1 heterocycles. The molecule has 23 heavy (non-hydrogen) atoms. The molecule has 0 saturated heterocycles. The third kappa shape index (κ3) is 3.65. The highest BCUT2D eigenvalue weighted by molar-refractivity contribution is 8.01. The van der Waals surface area contributed by atoms with Gasteiger partial charge in [-0.2, -0.15) is 0 Å². The molecular formula is C15H13FN2O2S3. The summed E-state index contributed by atoms with van der Waals surface area (Å²) in [6.45, 7) is 2.05. The van der Waals surface area contributed by atoms with E-state index in [0.717, 1.165) is 26.4 Å². The molecule has 0 atom stereocenters. The van der Waals surface area contributed by atoms with Crippen molar-refractivity contribution in [2.75, 3.05) is 10.5 Å². The molecule has 0 aliphatic rings. The van der Waals surface area contributed by atoms with Crippen molar-refractivity contribution >= 4 is 49.0 Å². The van der Waals surface area contributed by atoms with Crippen molar-refractivity contribution in [3.63, 3.8) is 0 Å². The summed E-state index contributed by atoms with van der Waals surface area (Å²) >= 11 is 3.16. The Hall–Kier alpha value is -1.64. The first-order chi connectivity index (χ1) is 11.0. The van der Waals surface area contributed by atoms with Gasteiger partial charge in [0, 0.05) is 0 Å². The summed E-state index contributed by atoms with van der Waals surface area (Å²) in [5, 5.41) is 0. The molecule has 2 aromatic carbocycles. The first-order valence-corrected chi connectivity index (χ1v) is 10.1. The fourth-order valence-corrected chi connectivity index (χ4v) is 5.09. The van der Waals surface area contributed by atoms with Gasteiger partial charge in [0.15, 0.2) is 4.34 Å². The molecule has 0 radical (unpaired) electrons. The molecule has 0 unspecified atom stereocenters. The van der Waals surface area contributed by atoms with Gasteiger partial charge in [-0.3, -0.25) is 4.72 Å². The Bertz CT molecular complexity index is 954. The number of aromatic nitrogens is 1. The molecule has 0 fully saturated rings. The van der Waals surface area contributed by atoms with Crippen LogP contribution >= 0.6 is 23.1 Å². The fraction of sp³-hybridized carbons (Fsp3) is 0.133. The standard InChI is InChI=1S/C15H13FN2O2S3/c1-2-21-15-17-13-7-6-11(9-14(13)22-15)18-23(19,20)12-5-3-4-10(16)8-12/h3-9,18H,2H2,1H3. The van der Waals surface area contributed by atoms with Gasteiger partial charge in [-0.25, -0.2) is 17.8 Å². The largest absolute Gasteiger partial charge is 0.280 e. The molecule has 0 saturated carbocycles. The smallest absolute Gasteiger partial charge is 0.261 e. The minimum absolute atomic E-state index is 0.107. The Morgan fingerprint density at radius 1 is 1.26 bits per heavy atom. The second kappa shape index (κ2) is 6.46. The van der Waals surface area contributed by atoms with Crippen LogP contribution in [0.25, 0.3) is 10.2 Å². The zero-order valence-electron chi connectivity index (χ0n) is 12.1. The number of nitrogens with zero attached hydrogens (tertiary/aromatic N) is 1.